The summed E-state index contributed by atoms with van der Waals surface area (Å²) >= 11 is 0. The Morgan fingerprint density at radius 2 is 1.72 bits per heavy atom. The Hall–Kier alpha value is -3.14. The van der Waals surface area contributed by atoms with Crippen LogP contribution in [0.25, 0.3) is 0 Å². The molecule has 1 saturated heterocycles. The molecule has 0 bridgehead atoms. The van der Waals surface area contributed by atoms with Gasteiger partial charge in [-0.15, -0.1) is 0 Å². The van der Waals surface area contributed by atoms with E-state index in [0.29, 0.717) is 11.5 Å². The summed E-state index contributed by atoms with van der Waals surface area (Å²) in [5.41, 5.74) is 2.15. The first-order valence-corrected chi connectivity index (χ1v) is 10.9. The molecule has 1 aromatic carbocycles. The molecule has 2 aromatic heterocycles. The molecule has 0 aliphatic carbocycles. The van der Waals surface area contributed by atoms with E-state index in [0.717, 1.165) is 43.3 Å². The molecule has 1 aliphatic rings. The third-order valence-corrected chi connectivity index (χ3v) is 5.86. The van der Waals surface area contributed by atoms with Gasteiger partial charge in [-0.2, -0.15) is 13.4 Å². The summed E-state index contributed by atoms with van der Waals surface area (Å²) in [6.45, 7) is 3.91. The van der Waals surface area contributed by atoms with Crippen LogP contribution in [0.1, 0.15) is 18.5 Å². The Bertz CT molecular complexity index is 1100. The third kappa shape index (κ3) is 4.48. The van der Waals surface area contributed by atoms with Crippen LogP contribution >= 0.6 is 0 Å². The van der Waals surface area contributed by atoms with Gasteiger partial charge in [0.05, 0.1) is 6.33 Å². The highest BCUT2D eigenvalue weighted by molar-refractivity contribution is 7.92. The predicted octanol–water partition coefficient (Wildman–Crippen LogP) is 2.66. The van der Waals surface area contributed by atoms with Crippen LogP contribution in [0, 0.1) is 6.92 Å². The Balaban J connectivity index is 1.47. The van der Waals surface area contributed by atoms with Gasteiger partial charge in [0.25, 0.3) is 10.0 Å². The van der Waals surface area contributed by atoms with Gasteiger partial charge in [0.1, 0.15) is 5.82 Å². The van der Waals surface area contributed by atoms with Crippen molar-refractivity contribution in [1.29, 1.82) is 0 Å². The van der Waals surface area contributed by atoms with Gasteiger partial charge >= 0.3 is 0 Å². The first-order chi connectivity index (χ1) is 13.9. The number of aryl methyl sites for hydroxylation is 2. The molecule has 3 heterocycles. The average Bonchev–Trinajstić information content (AvgIpc) is 3.35. The highest BCUT2D eigenvalue weighted by Crippen LogP contribution is 2.23. The van der Waals surface area contributed by atoms with E-state index in [1.54, 1.807) is 35.9 Å². The molecule has 0 atom stereocenters. The smallest absolute Gasteiger partial charge is 0.280 e. The maximum absolute atomic E-state index is 12.4. The van der Waals surface area contributed by atoms with Gasteiger partial charge in [0.15, 0.2) is 5.03 Å². The van der Waals surface area contributed by atoms with Crippen LogP contribution in [0.15, 0.2) is 47.9 Å². The molecule has 0 spiro atoms. The fraction of sp³-hybridized carbons (Fsp3) is 0.316. The zero-order valence-corrected chi connectivity index (χ0v) is 17.1. The molecule has 0 amide bonds. The fourth-order valence-electron chi connectivity index (χ4n) is 3.18. The van der Waals surface area contributed by atoms with Crippen LogP contribution in [0.5, 0.6) is 0 Å². The van der Waals surface area contributed by atoms with Crippen LogP contribution in [0.3, 0.4) is 0 Å². The van der Waals surface area contributed by atoms with Crippen molar-refractivity contribution in [3.63, 3.8) is 0 Å². The van der Waals surface area contributed by atoms with E-state index < -0.39 is 10.0 Å². The molecule has 152 valence electrons. The van der Waals surface area contributed by atoms with Gasteiger partial charge in [-0.25, -0.2) is 9.97 Å². The van der Waals surface area contributed by atoms with Gasteiger partial charge in [-0.3, -0.25) is 4.72 Å². The molecule has 29 heavy (non-hydrogen) atoms. The predicted molar refractivity (Wildman–Crippen MR) is 112 cm³/mol. The molecule has 3 aromatic rings. The number of nitrogens with one attached hydrogen (secondary N) is 2. The zero-order valence-electron chi connectivity index (χ0n) is 16.3. The fourth-order valence-corrected chi connectivity index (χ4v) is 4.22. The van der Waals surface area contributed by atoms with E-state index in [-0.39, 0.29) is 5.03 Å². The summed E-state index contributed by atoms with van der Waals surface area (Å²) in [4.78, 5) is 15.2. The first-order valence-electron chi connectivity index (χ1n) is 9.37. The number of aromatic nitrogens is 4. The van der Waals surface area contributed by atoms with Crippen molar-refractivity contribution in [1.82, 2.24) is 19.5 Å². The van der Waals surface area contributed by atoms with Gasteiger partial charge in [0.2, 0.25) is 5.95 Å². The van der Waals surface area contributed by atoms with Crippen molar-refractivity contribution in [2.75, 3.05) is 28.0 Å². The molecular formula is C19H23N7O2S. The Labute approximate surface area is 169 Å². The number of hydrogen-bond acceptors (Lipinski definition) is 7. The Morgan fingerprint density at radius 1 is 1.03 bits per heavy atom. The Kier molecular flexibility index (Phi) is 5.10. The summed E-state index contributed by atoms with van der Waals surface area (Å²) in [6.07, 6.45) is 5.22. The van der Waals surface area contributed by atoms with Crippen molar-refractivity contribution in [2.45, 2.75) is 24.8 Å². The summed E-state index contributed by atoms with van der Waals surface area (Å²) < 4.78 is 28.9. The number of anilines is 4. The number of hydrogen-bond donors (Lipinski definition) is 2. The second-order valence-electron chi connectivity index (χ2n) is 7.07. The molecular weight excluding hydrogens is 390 g/mol. The molecule has 2 N–H and O–H groups in total. The minimum Gasteiger partial charge on any atom is -0.341 e. The minimum atomic E-state index is -3.71. The van der Waals surface area contributed by atoms with Gasteiger partial charge in [0, 0.05) is 49.5 Å². The second-order valence-corrected chi connectivity index (χ2v) is 8.70. The van der Waals surface area contributed by atoms with E-state index in [1.165, 1.54) is 12.5 Å². The summed E-state index contributed by atoms with van der Waals surface area (Å²) in [5.74, 6) is 1.45. The second kappa shape index (κ2) is 7.70. The maximum Gasteiger partial charge on any atom is 0.280 e. The molecule has 1 aliphatic heterocycles. The largest absolute Gasteiger partial charge is 0.341 e. The van der Waals surface area contributed by atoms with Crippen LogP contribution in [0.2, 0.25) is 0 Å². The molecule has 0 unspecified atom stereocenters. The number of nitrogens with zero attached hydrogens (tertiary/aromatic N) is 5. The van der Waals surface area contributed by atoms with Crippen LogP contribution < -0.4 is 14.9 Å². The number of rotatable bonds is 6. The third-order valence-electron chi connectivity index (χ3n) is 4.60. The van der Waals surface area contributed by atoms with E-state index >= 15 is 0 Å². The van der Waals surface area contributed by atoms with Crippen molar-refractivity contribution in [3.05, 3.63) is 48.5 Å². The van der Waals surface area contributed by atoms with Crippen LogP contribution in [0.4, 0.5) is 23.1 Å². The lowest BCUT2D eigenvalue weighted by atomic mass is 10.3. The topological polar surface area (TPSA) is 105 Å². The first kappa shape index (κ1) is 19.2. The summed E-state index contributed by atoms with van der Waals surface area (Å²) in [6, 6.07) is 8.86. The van der Waals surface area contributed by atoms with Crippen molar-refractivity contribution >= 4 is 33.2 Å². The molecule has 9 nitrogen and oxygen atoms in total. The monoisotopic (exact) mass is 413 g/mol. The highest BCUT2D eigenvalue weighted by atomic mass is 32.2. The van der Waals surface area contributed by atoms with Gasteiger partial charge < -0.3 is 14.8 Å². The van der Waals surface area contributed by atoms with Crippen molar-refractivity contribution in [3.8, 4) is 0 Å². The van der Waals surface area contributed by atoms with Crippen LogP contribution in [-0.4, -0.2) is 41.0 Å². The van der Waals surface area contributed by atoms with E-state index in [4.69, 9.17) is 0 Å². The van der Waals surface area contributed by atoms with Crippen LogP contribution in [-0.2, 0) is 17.1 Å². The van der Waals surface area contributed by atoms with Gasteiger partial charge in [-0.1, -0.05) is 0 Å². The lowest BCUT2D eigenvalue weighted by Crippen LogP contribution is -2.21. The van der Waals surface area contributed by atoms with Crippen molar-refractivity contribution < 1.29 is 8.42 Å². The van der Waals surface area contributed by atoms with E-state index in [2.05, 4.69) is 29.9 Å². The molecule has 10 heteroatoms. The van der Waals surface area contributed by atoms with E-state index in [9.17, 15) is 8.42 Å². The molecule has 0 saturated carbocycles. The standard InChI is InChI=1S/C19H23N7O2S/c1-14-11-17(23-19(21-14)26-9-3-4-10-26)22-15-5-7-16(8-6-15)24-29(27,28)18-12-25(2)13-20-18/h5-8,11-13,24H,3-4,9-10H2,1-2H3,(H,21,22,23). The van der Waals surface area contributed by atoms with E-state index in [1.807, 2.05) is 13.0 Å². The summed E-state index contributed by atoms with van der Waals surface area (Å²) in [5, 5.41) is 3.24. The maximum atomic E-state index is 12.4. The van der Waals surface area contributed by atoms with Crippen molar-refractivity contribution in [2.24, 2.45) is 7.05 Å². The number of sulfonamides is 1. The minimum absolute atomic E-state index is 0.0203. The lowest BCUT2D eigenvalue weighted by Gasteiger charge is -2.17. The van der Waals surface area contributed by atoms with Gasteiger partial charge in [-0.05, 0) is 44.0 Å². The highest BCUT2D eigenvalue weighted by Gasteiger charge is 2.18. The quantitative estimate of drug-likeness (QED) is 0.640. The Morgan fingerprint density at radius 3 is 2.38 bits per heavy atom. The number of imidazole rings is 1. The average molecular weight is 414 g/mol. The normalized spacial score (nSPS) is 14.2. The SMILES string of the molecule is Cc1cc(Nc2ccc(NS(=O)(=O)c3cn(C)cn3)cc2)nc(N2CCCC2)n1. The molecule has 0 radical (unpaired) electrons. The zero-order chi connectivity index (χ0) is 20.4. The summed E-state index contributed by atoms with van der Waals surface area (Å²) in [7, 11) is -1.99. The lowest BCUT2D eigenvalue weighted by molar-refractivity contribution is 0.598. The number of benzene rings is 1. The molecule has 4 rings (SSSR count). The molecule has 1 fully saturated rings.